The first-order chi connectivity index (χ1) is 6.24. The van der Waals surface area contributed by atoms with E-state index in [1.165, 1.54) is 12.0 Å². The van der Waals surface area contributed by atoms with Gasteiger partial charge in [-0.05, 0) is 31.2 Å². The Balaban J connectivity index is 2.67. The lowest BCUT2D eigenvalue weighted by molar-refractivity contribution is 0.540. The molecule has 1 heteroatoms. The number of hydrogen-bond donors (Lipinski definition) is 1. The summed E-state index contributed by atoms with van der Waals surface area (Å²) in [6.45, 7) is 4.30. The molecule has 0 saturated carbocycles. The van der Waals surface area contributed by atoms with Gasteiger partial charge in [0.15, 0.2) is 0 Å². The van der Waals surface area contributed by atoms with Crippen LogP contribution in [0, 0.1) is 0 Å². The molecule has 0 amide bonds. The fraction of sp³-hybridized carbons (Fsp3) is 0.500. The van der Waals surface area contributed by atoms with Gasteiger partial charge < -0.3 is 5.73 Å². The molecule has 72 valence electrons. The van der Waals surface area contributed by atoms with Gasteiger partial charge >= 0.3 is 0 Å². The fourth-order valence-corrected chi connectivity index (χ4v) is 1.71. The Morgan fingerprint density at radius 3 is 2.31 bits per heavy atom. The minimum Gasteiger partial charge on any atom is -0.328 e. The van der Waals surface area contributed by atoms with Crippen LogP contribution in [-0.4, -0.2) is 6.04 Å². The zero-order valence-corrected chi connectivity index (χ0v) is 8.53. The molecule has 0 spiro atoms. The smallest absolute Gasteiger partial charge is 0.00163 e. The van der Waals surface area contributed by atoms with Gasteiger partial charge in [-0.15, -0.1) is 0 Å². The average Bonchev–Trinajstić information content (AvgIpc) is 2.15. The number of benzene rings is 1. The van der Waals surface area contributed by atoms with E-state index in [1.807, 2.05) is 0 Å². The molecule has 0 aliphatic heterocycles. The normalized spacial score (nSPS) is 15.3. The molecular weight excluding hydrogens is 158 g/mol. The van der Waals surface area contributed by atoms with E-state index in [2.05, 4.69) is 44.2 Å². The maximum atomic E-state index is 5.81. The Kier molecular flexibility index (Phi) is 3.97. The van der Waals surface area contributed by atoms with Crippen molar-refractivity contribution in [3.63, 3.8) is 0 Å². The Labute approximate surface area is 81.0 Å². The molecule has 0 fully saturated rings. The van der Waals surface area contributed by atoms with E-state index in [1.54, 1.807) is 0 Å². The van der Waals surface area contributed by atoms with Gasteiger partial charge in [0, 0.05) is 6.04 Å². The van der Waals surface area contributed by atoms with E-state index in [0.29, 0.717) is 12.0 Å². The number of rotatable bonds is 4. The van der Waals surface area contributed by atoms with Crippen molar-refractivity contribution in [1.29, 1.82) is 0 Å². The molecule has 2 N–H and O–H groups in total. The molecule has 0 saturated heterocycles. The summed E-state index contributed by atoms with van der Waals surface area (Å²) in [5.74, 6) is 0.626. The lowest BCUT2D eigenvalue weighted by Gasteiger charge is -2.17. The van der Waals surface area contributed by atoms with Crippen molar-refractivity contribution in [3.05, 3.63) is 35.9 Å². The third-order valence-corrected chi connectivity index (χ3v) is 2.42. The topological polar surface area (TPSA) is 26.0 Å². The first-order valence-corrected chi connectivity index (χ1v) is 5.04. The molecule has 0 aliphatic rings. The van der Waals surface area contributed by atoms with Crippen molar-refractivity contribution in [2.45, 2.75) is 38.6 Å². The van der Waals surface area contributed by atoms with Gasteiger partial charge in [-0.2, -0.15) is 0 Å². The minimum atomic E-state index is 0.296. The van der Waals surface area contributed by atoms with Crippen LogP contribution < -0.4 is 5.73 Å². The van der Waals surface area contributed by atoms with Crippen LogP contribution in [0.4, 0.5) is 0 Å². The Hall–Kier alpha value is -0.820. The fourth-order valence-electron chi connectivity index (χ4n) is 1.71. The minimum absolute atomic E-state index is 0.296. The van der Waals surface area contributed by atoms with E-state index in [-0.39, 0.29) is 0 Å². The Bertz CT molecular complexity index is 228. The van der Waals surface area contributed by atoms with Crippen LogP contribution >= 0.6 is 0 Å². The third-order valence-electron chi connectivity index (χ3n) is 2.42. The molecule has 2 atom stereocenters. The summed E-state index contributed by atoms with van der Waals surface area (Å²) in [4.78, 5) is 0. The van der Waals surface area contributed by atoms with Crippen molar-refractivity contribution >= 4 is 0 Å². The molecule has 1 rings (SSSR count). The van der Waals surface area contributed by atoms with Crippen LogP contribution in [0.1, 0.15) is 38.2 Å². The largest absolute Gasteiger partial charge is 0.328 e. The number of nitrogens with two attached hydrogens (primary N) is 1. The maximum Gasteiger partial charge on any atom is 0.00163 e. The summed E-state index contributed by atoms with van der Waals surface area (Å²) in [6, 6.07) is 10.9. The lowest BCUT2D eigenvalue weighted by Crippen LogP contribution is -2.18. The summed E-state index contributed by atoms with van der Waals surface area (Å²) in [5.41, 5.74) is 7.23. The second kappa shape index (κ2) is 5.03. The van der Waals surface area contributed by atoms with Crippen LogP contribution in [0.2, 0.25) is 0 Å². The highest BCUT2D eigenvalue weighted by molar-refractivity contribution is 5.19. The molecule has 0 aliphatic carbocycles. The first-order valence-electron chi connectivity index (χ1n) is 5.04. The summed E-state index contributed by atoms with van der Waals surface area (Å²) in [5, 5.41) is 0. The highest BCUT2D eigenvalue weighted by Gasteiger charge is 2.10. The molecule has 1 nitrogen and oxygen atoms in total. The van der Waals surface area contributed by atoms with Gasteiger partial charge in [0.05, 0.1) is 0 Å². The second-order valence-corrected chi connectivity index (χ2v) is 3.73. The summed E-state index contributed by atoms with van der Waals surface area (Å²) < 4.78 is 0. The molecule has 0 radical (unpaired) electrons. The van der Waals surface area contributed by atoms with E-state index < -0.39 is 0 Å². The predicted molar refractivity (Wildman–Crippen MR) is 57.7 cm³/mol. The van der Waals surface area contributed by atoms with E-state index in [4.69, 9.17) is 5.73 Å². The van der Waals surface area contributed by atoms with Crippen molar-refractivity contribution in [2.24, 2.45) is 5.73 Å². The Morgan fingerprint density at radius 1 is 1.23 bits per heavy atom. The highest BCUT2D eigenvalue weighted by atomic mass is 14.6. The third kappa shape index (κ3) is 3.19. The molecule has 1 aromatic carbocycles. The lowest BCUT2D eigenvalue weighted by atomic mass is 9.91. The Morgan fingerprint density at radius 2 is 1.85 bits per heavy atom. The average molecular weight is 177 g/mol. The molecule has 1 aromatic rings. The van der Waals surface area contributed by atoms with Crippen LogP contribution in [-0.2, 0) is 0 Å². The second-order valence-electron chi connectivity index (χ2n) is 3.73. The molecule has 0 heterocycles. The molecule has 0 unspecified atom stereocenters. The monoisotopic (exact) mass is 177 g/mol. The van der Waals surface area contributed by atoms with Gasteiger partial charge in [-0.3, -0.25) is 0 Å². The van der Waals surface area contributed by atoms with Crippen molar-refractivity contribution in [3.8, 4) is 0 Å². The van der Waals surface area contributed by atoms with E-state index in [0.717, 1.165) is 6.42 Å². The molecule has 13 heavy (non-hydrogen) atoms. The van der Waals surface area contributed by atoms with Crippen LogP contribution in [0.15, 0.2) is 30.3 Å². The van der Waals surface area contributed by atoms with E-state index >= 15 is 0 Å². The standard InChI is InChI=1S/C12H19N/c1-3-11(9-10(2)13)12-7-5-4-6-8-12/h4-8,10-11H,3,9,13H2,1-2H3/t10-,11+/m0/s1. The SMILES string of the molecule is CC[C@H](C[C@H](C)N)c1ccccc1. The molecular formula is C12H19N. The van der Waals surface area contributed by atoms with Gasteiger partial charge in [-0.1, -0.05) is 37.3 Å². The predicted octanol–water partition coefficient (Wildman–Crippen LogP) is 2.92. The van der Waals surface area contributed by atoms with Gasteiger partial charge in [0.2, 0.25) is 0 Å². The van der Waals surface area contributed by atoms with Gasteiger partial charge in [0.25, 0.3) is 0 Å². The number of hydrogen-bond acceptors (Lipinski definition) is 1. The van der Waals surface area contributed by atoms with Gasteiger partial charge in [0.1, 0.15) is 0 Å². The maximum absolute atomic E-state index is 5.81. The van der Waals surface area contributed by atoms with E-state index in [9.17, 15) is 0 Å². The summed E-state index contributed by atoms with van der Waals surface area (Å²) in [6.07, 6.45) is 2.26. The van der Waals surface area contributed by atoms with Crippen LogP contribution in [0.5, 0.6) is 0 Å². The van der Waals surface area contributed by atoms with Crippen molar-refractivity contribution in [2.75, 3.05) is 0 Å². The first kappa shape index (κ1) is 10.3. The highest BCUT2D eigenvalue weighted by Crippen LogP contribution is 2.23. The molecule has 0 aromatic heterocycles. The molecule has 0 bridgehead atoms. The quantitative estimate of drug-likeness (QED) is 0.752. The van der Waals surface area contributed by atoms with Crippen LogP contribution in [0.25, 0.3) is 0 Å². The summed E-state index contributed by atoms with van der Waals surface area (Å²) in [7, 11) is 0. The van der Waals surface area contributed by atoms with Crippen molar-refractivity contribution in [1.82, 2.24) is 0 Å². The van der Waals surface area contributed by atoms with Crippen molar-refractivity contribution < 1.29 is 0 Å². The van der Waals surface area contributed by atoms with Crippen LogP contribution in [0.3, 0.4) is 0 Å². The van der Waals surface area contributed by atoms with Gasteiger partial charge in [-0.25, -0.2) is 0 Å². The zero-order chi connectivity index (χ0) is 9.68. The summed E-state index contributed by atoms with van der Waals surface area (Å²) >= 11 is 0. The zero-order valence-electron chi connectivity index (χ0n) is 8.53.